The lowest BCUT2D eigenvalue weighted by molar-refractivity contribution is 0.112. The second kappa shape index (κ2) is 4.54. The first kappa shape index (κ1) is 9.63. The number of carbonyl (C=O) groups is 1. The summed E-state index contributed by atoms with van der Waals surface area (Å²) in [7, 11) is 0. The van der Waals surface area contributed by atoms with Gasteiger partial charge in [0.1, 0.15) is 5.75 Å². The highest BCUT2D eigenvalue weighted by molar-refractivity contribution is 6.19. The molecule has 3 heteroatoms. The standard InChI is InChI=1S/C10H7ClO2/c11-5-1-2-8-3-4-10(13)9(6-8)7-12/h3-4,6-7,13H,5H2. The molecule has 0 radical (unpaired) electrons. The van der Waals surface area contributed by atoms with E-state index in [1.165, 1.54) is 12.1 Å². The van der Waals surface area contributed by atoms with Gasteiger partial charge in [0.15, 0.2) is 6.29 Å². The second-order valence-electron chi connectivity index (χ2n) is 2.33. The summed E-state index contributed by atoms with van der Waals surface area (Å²) in [6.07, 6.45) is 0.585. The van der Waals surface area contributed by atoms with Crippen molar-refractivity contribution in [2.24, 2.45) is 0 Å². The highest BCUT2D eigenvalue weighted by Gasteiger charge is 1.98. The molecule has 0 unspecified atom stereocenters. The minimum atomic E-state index is -0.0357. The Morgan fingerprint density at radius 3 is 2.92 bits per heavy atom. The third kappa shape index (κ3) is 2.50. The molecule has 1 aromatic rings. The lowest BCUT2D eigenvalue weighted by Gasteiger charge is -1.96. The average Bonchev–Trinajstić information content (AvgIpc) is 2.16. The Balaban J connectivity index is 3.06. The van der Waals surface area contributed by atoms with E-state index in [2.05, 4.69) is 11.8 Å². The van der Waals surface area contributed by atoms with Gasteiger partial charge in [-0.3, -0.25) is 4.79 Å². The van der Waals surface area contributed by atoms with Crippen molar-refractivity contribution in [2.75, 3.05) is 5.88 Å². The molecule has 0 bridgehead atoms. The van der Waals surface area contributed by atoms with E-state index >= 15 is 0 Å². The zero-order chi connectivity index (χ0) is 9.68. The Morgan fingerprint density at radius 2 is 2.31 bits per heavy atom. The first-order valence-corrected chi connectivity index (χ1v) is 4.14. The summed E-state index contributed by atoms with van der Waals surface area (Å²) in [6, 6.07) is 4.58. The number of carbonyl (C=O) groups excluding carboxylic acids is 1. The number of phenolic OH excluding ortho intramolecular Hbond substituents is 1. The minimum Gasteiger partial charge on any atom is -0.507 e. The molecular weight excluding hydrogens is 188 g/mol. The third-order valence-electron chi connectivity index (χ3n) is 1.45. The molecule has 2 nitrogen and oxygen atoms in total. The van der Waals surface area contributed by atoms with Crippen molar-refractivity contribution >= 4 is 17.9 Å². The van der Waals surface area contributed by atoms with Crippen molar-refractivity contribution in [1.82, 2.24) is 0 Å². The van der Waals surface area contributed by atoms with Gasteiger partial charge in [0.25, 0.3) is 0 Å². The summed E-state index contributed by atoms with van der Waals surface area (Å²) in [5.74, 6) is 5.61. The Labute approximate surface area is 81.1 Å². The van der Waals surface area contributed by atoms with Crippen LogP contribution in [0, 0.1) is 11.8 Å². The van der Waals surface area contributed by atoms with Crippen molar-refractivity contribution < 1.29 is 9.90 Å². The molecular formula is C10H7ClO2. The van der Waals surface area contributed by atoms with Gasteiger partial charge in [-0.05, 0) is 18.2 Å². The lowest BCUT2D eigenvalue weighted by Crippen LogP contribution is -1.83. The zero-order valence-electron chi connectivity index (χ0n) is 6.75. The van der Waals surface area contributed by atoms with E-state index < -0.39 is 0 Å². The molecule has 13 heavy (non-hydrogen) atoms. The van der Waals surface area contributed by atoms with E-state index in [9.17, 15) is 4.79 Å². The van der Waals surface area contributed by atoms with Crippen molar-refractivity contribution in [3.63, 3.8) is 0 Å². The van der Waals surface area contributed by atoms with Crippen molar-refractivity contribution in [1.29, 1.82) is 0 Å². The Kier molecular flexibility index (Phi) is 3.36. The van der Waals surface area contributed by atoms with Crippen LogP contribution >= 0.6 is 11.6 Å². The summed E-state index contributed by atoms with van der Waals surface area (Å²) in [4.78, 5) is 10.4. The van der Waals surface area contributed by atoms with E-state index in [1.54, 1.807) is 6.07 Å². The summed E-state index contributed by atoms with van der Waals surface area (Å²) in [5, 5.41) is 9.15. The van der Waals surface area contributed by atoms with Gasteiger partial charge in [0, 0.05) is 5.56 Å². The van der Waals surface area contributed by atoms with Gasteiger partial charge in [-0.25, -0.2) is 0 Å². The van der Waals surface area contributed by atoms with Gasteiger partial charge < -0.3 is 5.11 Å². The van der Waals surface area contributed by atoms with E-state index in [-0.39, 0.29) is 17.2 Å². The normalized spacial score (nSPS) is 8.69. The van der Waals surface area contributed by atoms with Gasteiger partial charge in [-0.2, -0.15) is 0 Å². The van der Waals surface area contributed by atoms with Gasteiger partial charge in [-0.1, -0.05) is 11.8 Å². The number of hydrogen-bond donors (Lipinski definition) is 1. The Bertz CT molecular complexity index is 374. The molecule has 0 atom stereocenters. The molecule has 0 aliphatic heterocycles. The number of benzene rings is 1. The number of alkyl halides is 1. The van der Waals surface area contributed by atoms with Crippen LogP contribution in [0.1, 0.15) is 15.9 Å². The number of phenols is 1. The molecule has 0 saturated heterocycles. The highest BCUT2D eigenvalue weighted by atomic mass is 35.5. The van der Waals surface area contributed by atoms with Gasteiger partial charge in [-0.15, -0.1) is 11.6 Å². The quantitative estimate of drug-likeness (QED) is 0.421. The molecule has 0 fully saturated rings. The van der Waals surface area contributed by atoms with E-state index in [1.807, 2.05) is 0 Å². The topological polar surface area (TPSA) is 37.3 Å². The molecule has 0 amide bonds. The summed E-state index contributed by atoms with van der Waals surface area (Å²) in [5.41, 5.74) is 0.905. The molecule has 0 spiro atoms. The molecule has 1 N–H and O–H groups in total. The van der Waals surface area contributed by atoms with E-state index in [0.29, 0.717) is 11.8 Å². The zero-order valence-corrected chi connectivity index (χ0v) is 7.51. The van der Waals surface area contributed by atoms with Crippen LogP contribution in [0.2, 0.25) is 0 Å². The second-order valence-corrected chi connectivity index (χ2v) is 2.59. The maximum absolute atomic E-state index is 10.4. The molecule has 1 aromatic carbocycles. The Hall–Kier alpha value is -1.46. The van der Waals surface area contributed by atoms with Crippen molar-refractivity contribution in [3.05, 3.63) is 29.3 Å². The maximum atomic E-state index is 10.4. The number of aldehydes is 1. The third-order valence-corrected chi connectivity index (χ3v) is 1.59. The van der Waals surface area contributed by atoms with Crippen molar-refractivity contribution in [2.45, 2.75) is 0 Å². The largest absolute Gasteiger partial charge is 0.507 e. The summed E-state index contributed by atoms with van der Waals surface area (Å²) in [6.45, 7) is 0. The fraction of sp³-hybridized carbons (Fsp3) is 0.100. The lowest BCUT2D eigenvalue weighted by atomic mass is 10.1. The molecule has 0 aliphatic rings. The molecule has 0 aromatic heterocycles. The predicted molar refractivity (Wildman–Crippen MR) is 51.1 cm³/mol. The Morgan fingerprint density at radius 1 is 1.54 bits per heavy atom. The molecule has 0 heterocycles. The van der Waals surface area contributed by atoms with Gasteiger partial charge in [0.2, 0.25) is 0 Å². The number of rotatable bonds is 1. The summed E-state index contributed by atoms with van der Waals surface area (Å²) >= 11 is 5.36. The number of hydrogen-bond acceptors (Lipinski definition) is 2. The fourth-order valence-electron chi connectivity index (χ4n) is 0.862. The summed E-state index contributed by atoms with van der Waals surface area (Å²) < 4.78 is 0. The maximum Gasteiger partial charge on any atom is 0.153 e. The number of halogens is 1. The first-order valence-electron chi connectivity index (χ1n) is 3.61. The SMILES string of the molecule is O=Cc1cc(C#CCCl)ccc1O. The van der Waals surface area contributed by atoms with Gasteiger partial charge >= 0.3 is 0 Å². The highest BCUT2D eigenvalue weighted by Crippen LogP contribution is 2.15. The monoisotopic (exact) mass is 194 g/mol. The number of aromatic hydroxyl groups is 1. The van der Waals surface area contributed by atoms with Gasteiger partial charge in [0.05, 0.1) is 11.4 Å². The minimum absolute atomic E-state index is 0.0357. The smallest absolute Gasteiger partial charge is 0.153 e. The van der Waals surface area contributed by atoms with Crippen LogP contribution in [0.15, 0.2) is 18.2 Å². The average molecular weight is 195 g/mol. The predicted octanol–water partition coefficient (Wildman–Crippen LogP) is 1.79. The molecule has 1 rings (SSSR count). The van der Waals surface area contributed by atoms with Crippen LogP contribution in [0.4, 0.5) is 0 Å². The molecule has 0 saturated carbocycles. The molecule has 0 aliphatic carbocycles. The van der Waals surface area contributed by atoms with Crippen LogP contribution in [0.5, 0.6) is 5.75 Å². The van der Waals surface area contributed by atoms with E-state index in [4.69, 9.17) is 16.7 Å². The van der Waals surface area contributed by atoms with Crippen LogP contribution < -0.4 is 0 Å². The first-order chi connectivity index (χ1) is 6.27. The van der Waals surface area contributed by atoms with Crippen LogP contribution in [-0.4, -0.2) is 17.3 Å². The fourth-order valence-corrected chi connectivity index (χ4v) is 0.929. The molecule has 66 valence electrons. The van der Waals surface area contributed by atoms with E-state index in [0.717, 1.165) is 0 Å². The van der Waals surface area contributed by atoms with Crippen LogP contribution in [0.25, 0.3) is 0 Å². The van der Waals surface area contributed by atoms with Crippen LogP contribution in [0.3, 0.4) is 0 Å². The van der Waals surface area contributed by atoms with Crippen LogP contribution in [-0.2, 0) is 0 Å². The van der Waals surface area contributed by atoms with Crippen molar-refractivity contribution in [3.8, 4) is 17.6 Å².